The topological polar surface area (TPSA) is 95.6 Å². The van der Waals surface area contributed by atoms with Crippen molar-refractivity contribution in [2.45, 2.75) is 70.9 Å². The zero-order valence-electron chi connectivity index (χ0n) is 19.9. The summed E-state index contributed by atoms with van der Waals surface area (Å²) in [4.78, 5) is 27.7. The lowest BCUT2D eigenvalue weighted by Crippen LogP contribution is -2.48. The molecule has 1 fully saturated rings. The van der Waals surface area contributed by atoms with Gasteiger partial charge in [0.25, 0.3) is 15.9 Å². The smallest absolute Gasteiger partial charge is 0.262 e. The van der Waals surface area contributed by atoms with Crippen LogP contribution in [0.4, 0.5) is 5.69 Å². The van der Waals surface area contributed by atoms with Gasteiger partial charge in [0.15, 0.2) is 0 Å². The van der Waals surface area contributed by atoms with Crippen molar-refractivity contribution in [1.82, 2.24) is 10.2 Å². The van der Waals surface area contributed by atoms with Crippen LogP contribution in [-0.4, -0.2) is 43.8 Å². The molecule has 3 rings (SSSR count). The molecule has 2 aromatic carbocycles. The zero-order valence-corrected chi connectivity index (χ0v) is 20.8. The van der Waals surface area contributed by atoms with Crippen molar-refractivity contribution >= 4 is 27.5 Å². The van der Waals surface area contributed by atoms with E-state index in [4.69, 9.17) is 0 Å². The van der Waals surface area contributed by atoms with Crippen molar-refractivity contribution < 1.29 is 18.0 Å². The number of hydrogen-bond donors (Lipinski definition) is 2. The van der Waals surface area contributed by atoms with Crippen LogP contribution in [-0.2, 0) is 14.8 Å². The molecule has 2 atom stereocenters. The number of carbonyl (C=O) groups excluding carboxylic acids is 2. The highest BCUT2D eigenvalue weighted by atomic mass is 32.2. The third kappa shape index (κ3) is 5.55. The Morgan fingerprint density at radius 2 is 1.79 bits per heavy atom. The van der Waals surface area contributed by atoms with Gasteiger partial charge in [0.2, 0.25) is 5.91 Å². The van der Waals surface area contributed by atoms with Gasteiger partial charge in [0.1, 0.15) is 6.04 Å². The first-order valence-electron chi connectivity index (χ1n) is 11.4. The number of nitrogens with zero attached hydrogens (tertiary/aromatic N) is 1. The fourth-order valence-corrected chi connectivity index (χ4v) is 5.40. The molecule has 2 aromatic rings. The second kappa shape index (κ2) is 9.95. The predicted octanol–water partition coefficient (Wildman–Crippen LogP) is 3.93. The van der Waals surface area contributed by atoms with Crippen molar-refractivity contribution in [2.24, 2.45) is 0 Å². The standard InChI is InChI=1S/C25H33N3O4S/c1-6-19(5)26-24(29)22-11-8-12-28(22)25(30)20-9-7-10-21(15-20)27-33(31,32)23-14-17(3)16(2)13-18(23)4/h7,9-10,13-15,19,22,27H,6,8,11-12H2,1-5H3,(H,26,29)/t19-,22-/m0/s1. The maximum absolute atomic E-state index is 13.2. The molecular formula is C25H33N3O4S. The number of carbonyl (C=O) groups is 2. The maximum Gasteiger partial charge on any atom is 0.262 e. The summed E-state index contributed by atoms with van der Waals surface area (Å²) >= 11 is 0. The van der Waals surface area contributed by atoms with E-state index in [0.717, 1.165) is 24.0 Å². The summed E-state index contributed by atoms with van der Waals surface area (Å²) in [5.74, 6) is -0.419. The second-order valence-corrected chi connectivity index (χ2v) is 10.5. The van der Waals surface area contributed by atoms with Gasteiger partial charge in [-0.1, -0.05) is 19.1 Å². The highest BCUT2D eigenvalue weighted by molar-refractivity contribution is 7.92. The average molecular weight is 472 g/mol. The number of anilines is 1. The van der Waals surface area contributed by atoms with E-state index in [-0.39, 0.29) is 22.8 Å². The van der Waals surface area contributed by atoms with Gasteiger partial charge in [-0.15, -0.1) is 0 Å². The lowest BCUT2D eigenvalue weighted by atomic mass is 10.1. The van der Waals surface area contributed by atoms with Gasteiger partial charge in [-0.05, 0) is 87.9 Å². The number of benzene rings is 2. The molecule has 2 N–H and O–H groups in total. The fourth-order valence-electron chi connectivity index (χ4n) is 4.04. The normalized spacial score (nSPS) is 17.0. The van der Waals surface area contributed by atoms with Crippen LogP contribution in [0.25, 0.3) is 0 Å². The number of likely N-dealkylation sites (tertiary alicyclic amines) is 1. The summed E-state index contributed by atoms with van der Waals surface area (Å²) in [5.41, 5.74) is 3.22. The van der Waals surface area contributed by atoms with Gasteiger partial charge >= 0.3 is 0 Å². The summed E-state index contributed by atoms with van der Waals surface area (Å²) < 4.78 is 28.7. The Labute approximate surface area is 196 Å². The number of nitrogens with one attached hydrogen (secondary N) is 2. The lowest BCUT2D eigenvalue weighted by Gasteiger charge is -2.25. The molecule has 0 unspecified atom stereocenters. The van der Waals surface area contributed by atoms with Crippen LogP contribution in [0.15, 0.2) is 41.3 Å². The minimum atomic E-state index is -3.82. The van der Waals surface area contributed by atoms with Crippen molar-refractivity contribution in [3.63, 3.8) is 0 Å². The van der Waals surface area contributed by atoms with E-state index in [0.29, 0.717) is 29.8 Å². The molecule has 0 spiro atoms. The van der Waals surface area contributed by atoms with Crippen LogP contribution in [0.2, 0.25) is 0 Å². The molecule has 7 nitrogen and oxygen atoms in total. The first kappa shape index (κ1) is 24.8. The van der Waals surface area contributed by atoms with Gasteiger partial charge in [0, 0.05) is 23.8 Å². The van der Waals surface area contributed by atoms with E-state index < -0.39 is 16.1 Å². The van der Waals surface area contributed by atoms with E-state index in [1.54, 1.807) is 36.1 Å². The van der Waals surface area contributed by atoms with Crippen LogP contribution in [0.1, 0.15) is 60.2 Å². The van der Waals surface area contributed by atoms with Crippen LogP contribution in [0, 0.1) is 20.8 Å². The Bertz CT molecular complexity index is 1160. The Morgan fingerprint density at radius 3 is 2.48 bits per heavy atom. The van der Waals surface area contributed by atoms with Gasteiger partial charge in [-0.3, -0.25) is 14.3 Å². The molecule has 178 valence electrons. The molecular weight excluding hydrogens is 438 g/mol. The van der Waals surface area contributed by atoms with Crippen molar-refractivity contribution in [2.75, 3.05) is 11.3 Å². The molecule has 8 heteroatoms. The Morgan fingerprint density at radius 1 is 1.09 bits per heavy atom. The molecule has 0 saturated carbocycles. The Kier molecular flexibility index (Phi) is 7.47. The molecule has 1 aliphatic rings. The van der Waals surface area contributed by atoms with Gasteiger partial charge in [-0.2, -0.15) is 0 Å². The van der Waals surface area contributed by atoms with E-state index in [2.05, 4.69) is 10.0 Å². The van der Waals surface area contributed by atoms with Gasteiger partial charge in [-0.25, -0.2) is 8.42 Å². The summed E-state index contributed by atoms with van der Waals surface area (Å²) in [6, 6.07) is 9.47. The number of hydrogen-bond acceptors (Lipinski definition) is 4. The van der Waals surface area contributed by atoms with Crippen LogP contribution in [0.5, 0.6) is 0 Å². The Hall–Kier alpha value is -2.87. The van der Waals surface area contributed by atoms with E-state index in [9.17, 15) is 18.0 Å². The zero-order chi connectivity index (χ0) is 24.3. The third-order valence-electron chi connectivity index (χ3n) is 6.26. The molecule has 0 radical (unpaired) electrons. The fraction of sp³-hybridized carbons (Fsp3) is 0.440. The van der Waals surface area contributed by atoms with Crippen molar-refractivity contribution in [3.05, 3.63) is 58.7 Å². The maximum atomic E-state index is 13.2. The lowest BCUT2D eigenvalue weighted by molar-refractivity contribution is -0.125. The van der Waals surface area contributed by atoms with Gasteiger partial charge < -0.3 is 10.2 Å². The molecule has 0 bridgehead atoms. The molecule has 1 heterocycles. The Balaban J connectivity index is 1.81. The monoisotopic (exact) mass is 471 g/mol. The minimum Gasteiger partial charge on any atom is -0.352 e. The SMILES string of the molecule is CC[C@H](C)NC(=O)[C@@H]1CCCN1C(=O)c1cccc(NS(=O)(=O)c2cc(C)c(C)cc2C)c1. The first-order chi connectivity index (χ1) is 15.5. The highest BCUT2D eigenvalue weighted by Gasteiger charge is 2.35. The predicted molar refractivity (Wildman–Crippen MR) is 130 cm³/mol. The highest BCUT2D eigenvalue weighted by Crippen LogP contribution is 2.25. The number of rotatable bonds is 7. The summed E-state index contributed by atoms with van der Waals surface area (Å²) in [7, 11) is -3.82. The molecule has 2 amide bonds. The summed E-state index contributed by atoms with van der Waals surface area (Å²) in [6.07, 6.45) is 2.18. The molecule has 33 heavy (non-hydrogen) atoms. The van der Waals surface area contributed by atoms with Crippen molar-refractivity contribution in [1.29, 1.82) is 0 Å². The second-order valence-electron chi connectivity index (χ2n) is 8.86. The summed E-state index contributed by atoms with van der Waals surface area (Å²) in [5, 5.41) is 2.96. The number of aryl methyl sites for hydroxylation is 3. The van der Waals surface area contributed by atoms with Crippen LogP contribution >= 0.6 is 0 Å². The summed E-state index contributed by atoms with van der Waals surface area (Å²) in [6.45, 7) is 10.0. The van der Waals surface area contributed by atoms with Gasteiger partial charge in [0.05, 0.1) is 4.90 Å². The van der Waals surface area contributed by atoms with E-state index in [1.165, 1.54) is 6.07 Å². The molecule has 0 aliphatic carbocycles. The van der Waals surface area contributed by atoms with E-state index in [1.807, 2.05) is 33.8 Å². The quantitative estimate of drug-likeness (QED) is 0.640. The van der Waals surface area contributed by atoms with Crippen molar-refractivity contribution in [3.8, 4) is 0 Å². The third-order valence-corrected chi connectivity index (χ3v) is 7.78. The molecule has 0 aromatic heterocycles. The average Bonchev–Trinajstić information content (AvgIpc) is 3.25. The van der Waals surface area contributed by atoms with Crippen LogP contribution in [0.3, 0.4) is 0 Å². The largest absolute Gasteiger partial charge is 0.352 e. The van der Waals surface area contributed by atoms with E-state index >= 15 is 0 Å². The van der Waals surface area contributed by atoms with Crippen LogP contribution < -0.4 is 10.0 Å². The minimum absolute atomic E-state index is 0.0432. The number of sulfonamides is 1. The first-order valence-corrected chi connectivity index (χ1v) is 12.8. The number of amides is 2. The molecule has 1 aliphatic heterocycles. The molecule has 1 saturated heterocycles.